The zero-order valence-corrected chi connectivity index (χ0v) is 11.6. The molecule has 5 heteroatoms. The summed E-state index contributed by atoms with van der Waals surface area (Å²) in [6, 6.07) is 10.4. The lowest BCUT2D eigenvalue weighted by Gasteiger charge is -2.18. The van der Waals surface area contributed by atoms with Crippen LogP contribution in [0.1, 0.15) is 30.3 Å². The maximum atomic E-state index is 5.51. The van der Waals surface area contributed by atoms with Gasteiger partial charge in [0.15, 0.2) is 0 Å². The van der Waals surface area contributed by atoms with E-state index in [1.54, 1.807) is 0 Å². The Morgan fingerprint density at radius 3 is 2.50 bits per heavy atom. The van der Waals surface area contributed by atoms with Gasteiger partial charge >= 0.3 is 0 Å². The highest BCUT2D eigenvalue weighted by Gasteiger charge is 2.20. The van der Waals surface area contributed by atoms with E-state index in [1.165, 1.54) is 11.1 Å². The molecule has 1 aliphatic rings. The third kappa shape index (κ3) is 2.44. The van der Waals surface area contributed by atoms with Crippen LogP contribution in [0.25, 0.3) is 0 Å². The Morgan fingerprint density at radius 1 is 1.20 bits per heavy atom. The summed E-state index contributed by atoms with van der Waals surface area (Å²) in [4.78, 5) is 11.3. The molecule has 5 nitrogen and oxygen atoms in total. The van der Waals surface area contributed by atoms with Crippen molar-refractivity contribution in [2.24, 2.45) is 5.84 Å². The lowest BCUT2D eigenvalue weighted by molar-refractivity contribution is 0.799. The highest BCUT2D eigenvalue weighted by Crippen LogP contribution is 2.27. The Morgan fingerprint density at radius 2 is 1.90 bits per heavy atom. The van der Waals surface area contributed by atoms with Gasteiger partial charge in [-0.1, -0.05) is 31.2 Å². The predicted octanol–water partition coefficient (Wildman–Crippen LogP) is 2.23. The molecule has 3 rings (SSSR count). The molecule has 0 unspecified atom stereocenters. The highest BCUT2D eigenvalue weighted by atomic mass is 15.3. The van der Waals surface area contributed by atoms with Gasteiger partial charge in [0.25, 0.3) is 0 Å². The van der Waals surface area contributed by atoms with Crippen LogP contribution < -0.4 is 16.2 Å². The number of nitrogen functional groups attached to an aromatic ring is 1. The number of rotatable bonds is 4. The molecular weight excluding hydrogens is 250 g/mol. The van der Waals surface area contributed by atoms with E-state index in [-0.39, 0.29) is 0 Å². The summed E-state index contributed by atoms with van der Waals surface area (Å²) < 4.78 is 0. The molecule has 1 aliphatic heterocycles. The molecule has 1 aromatic carbocycles. The molecule has 0 radical (unpaired) electrons. The number of nitrogens with one attached hydrogen (secondary N) is 1. The van der Waals surface area contributed by atoms with E-state index in [0.717, 1.165) is 37.6 Å². The topological polar surface area (TPSA) is 67.1 Å². The number of hydrazine groups is 1. The first kappa shape index (κ1) is 12.9. The van der Waals surface area contributed by atoms with Crippen molar-refractivity contribution >= 4 is 11.6 Å². The van der Waals surface area contributed by atoms with Gasteiger partial charge in [0, 0.05) is 25.6 Å². The Labute approximate surface area is 118 Å². The minimum Gasteiger partial charge on any atom is -0.348 e. The van der Waals surface area contributed by atoms with Gasteiger partial charge in [-0.2, -0.15) is 0 Å². The van der Waals surface area contributed by atoms with Crippen molar-refractivity contribution in [1.82, 2.24) is 9.97 Å². The molecule has 0 amide bonds. The SMILES string of the molecule is CCCc1nc(NN)cc(N2Cc3ccccc3C2)n1. The summed E-state index contributed by atoms with van der Waals surface area (Å²) in [6.07, 6.45) is 1.89. The van der Waals surface area contributed by atoms with Gasteiger partial charge in [0.05, 0.1) is 0 Å². The molecule has 0 bridgehead atoms. The summed E-state index contributed by atoms with van der Waals surface area (Å²) in [5.41, 5.74) is 5.37. The Bertz CT molecular complexity index is 586. The van der Waals surface area contributed by atoms with Gasteiger partial charge in [0.1, 0.15) is 17.5 Å². The number of benzene rings is 1. The smallest absolute Gasteiger partial charge is 0.145 e. The molecule has 0 atom stereocenters. The largest absolute Gasteiger partial charge is 0.348 e. The molecule has 2 heterocycles. The van der Waals surface area contributed by atoms with E-state index in [2.05, 4.69) is 51.5 Å². The van der Waals surface area contributed by atoms with Crippen molar-refractivity contribution in [2.45, 2.75) is 32.9 Å². The lowest BCUT2D eigenvalue weighted by Crippen LogP contribution is -2.19. The van der Waals surface area contributed by atoms with Gasteiger partial charge in [0.2, 0.25) is 0 Å². The van der Waals surface area contributed by atoms with Gasteiger partial charge in [-0.25, -0.2) is 15.8 Å². The van der Waals surface area contributed by atoms with Crippen LogP contribution in [0.15, 0.2) is 30.3 Å². The summed E-state index contributed by atoms with van der Waals surface area (Å²) in [6.45, 7) is 3.91. The maximum absolute atomic E-state index is 5.51. The van der Waals surface area contributed by atoms with E-state index in [1.807, 2.05) is 6.07 Å². The number of hydrogen-bond acceptors (Lipinski definition) is 5. The third-order valence-corrected chi connectivity index (χ3v) is 3.55. The monoisotopic (exact) mass is 269 g/mol. The fourth-order valence-corrected chi connectivity index (χ4v) is 2.55. The number of aromatic nitrogens is 2. The summed E-state index contributed by atoms with van der Waals surface area (Å²) in [5.74, 6) is 7.96. The Hall–Kier alpha value is -2.14. The van der Waals surface area contributed by atoms with E-state index >= 15 is 0 Å². The Kier molecular flexibility index (Phi) is 3.52. The molecular formula is C15H19N5. The molecule has 104 valence electrons. The van der Waals surface area contributed by atoms with E-state index < -0.39 is 0 Å². The molecule has 3 N–H and O–H groups in total. The van der Waals surface area contributed by atoms with Crippen LogP contribution in [0.2, 0.25) is 0 Å². The van der Waals surface area contributed by atoms with Crippen molar-refractivity contribution in [2.75, 3.05) is 10.3 Å². The number of nitrogens with two attached hydrogens (primary N) is 1. The number of aryl methyl sites for hydroxylation is 1. The second-order valence-corrected chi connectivity index (χ2v) is 5.05. The quantitative estimate of drug-likeness (QED) is 0.658. The Balaban J connectivity index is 1.89. The second-order valence-electron chi connectivity index (χ2n) is 5.05. The number of fused-ring (bicyclic) bond motifs is 1. The first-order valence-corrected chi connectivity index (χ1v) is 6.96. The van der Waals surface area contributed by atoms with Gasteiger partial charge < -0.3 is 10.3 Å². The lowest BCUT2D eigenvalue weighted by atomic mass is 10.1. The van der Waals surface area contributed by atoms with Crippen LogP contribution >= 0.6 is 0 Å². The molecule has 20 heavy (non-hydrogen) atoms. The third-order valence-electron chi connectivity index (χ3n) is 3.55. The van der Waals surface area contributed by atoms with Crippen LogP contribution in [0.4, 0.5) is 11.6 Å². The minimum absolute atomic E-state index is 0.675. The maximum Gasteiger partial charge on any atom is 0.145 e. The zero-order valence-electron chi connectivity index (χ0n) is 11.6. The van der Waals surface area contributed by atoms with Crippen molar-refractivity contribution in [3.8, 4) is 0 Å². The number of hydrogen-bond donors (Lipinski definition) is 2. The van der Waals surface area contributed by atoms with Crippen molar-refractivity contribution in [1.29, 1.82) is 0 Å². The van der Waals surface area contributed by atoms with E-state index in [4.69, 9.17) is 5.84 Å². The van der Waals surface area contributed by atoms with Crippen LogP contribution in [0, 0.1) is 0 Å². The van der Waals surface area contributed by atoms with Crippen molar-refractivity contribution < 1.29 is 0 Å². The molecule has 2 aromatic rings. The number of anilines is 2. The fraction of sp³-hybridized carbons (Fsp3) is 0.333. The summed E-state index contributed by atoms with van der Waals surface area (Å²) >= 11 is 0. The average molecular weight is 269 g/mol. The second kappa shape index (κ2) is 5.46. The average Bonchev–Trinajstić information content (AvgIpc) is 2.91. The molecule has 0 aliphatic carbocycles. The fourth-order valence-electron chi connectivity index (χ4n) is 2.55. The van der Waals surface area contributed by atoms with Crippen LogP contribution in [-0.4, -0.2) is 9.97 Å². The van der Waals surface area contributed by atoms with E-state index in [0.29, 0.717) is 5.82 Å². The predicted molar refractivity (Wildman–Crippen MR) is 80.2 cm³/mol. The standard InChI is InChI=1S/C15H19N5/c1-2-5-13-17-14(19-16)8-15(18-13)20-9-11-6-3-4-7-12(11)10-20/h3-4,6-8H,2,5,9-10,16H2,1H3,(H,17,18,19). The first-order valence-electron chi connectivity index (χ1n) is 6.96. The molecule has 0 fully saturated rings. The zero-order chi connectivity index (χ0) is 13.9. The van der Waals surface area contributed by atoms with Crippen LogP contribution in [0.5, 0.6) is 0 Å². The first-order chi connectivity index (χ1) is 9.80. The van der Waals surface area contributed by atoms with Crippen LogP contribution in [0.3, 0.4) is 0 Å². The van der Waals surface area contributed by atoms with Gasteiger partial charge in [-0.05, 0) is 17.5 Å². The molecule has 1 aromatic heterocycles. The molecule has 0 saturated heterocycles. The molecule has 0 saturated carbocycles. The van der Waals surface area contributed by atoms with Crippen LogP contribution in [-0.2, 0) is 19.5 Å². The highest BCUT2D eigenvalue weighted by molar-refractivity contribution is 5.52. The molecule has 0 spiro atoms. The minimum atomic E-state index is 0.675. The van der Waals surface area contributed by atoms with Gasteiger partial charge in [-0.3, -0.25) is 0 Å². The number of nitrogens with zero attached hydrogens (tertiary/aromatic N) is 3. The van der Waals surface area contributed by atoms with Crippen molar-refractivity contribution in [3.63, 3.8) is 0 Å². The van der Waals surface area contributed by atoms with Gasteiger partial charge in [-0.15, -0.1) is 0 Å². The summed E-state index contributed by atoms with van der Waals surface area (Å²) in [5, 5.41) is 0. The summed E-state index contributed by atoms with van der Waals surface area (Å²) in [7, 11) is 0. The normalized spacial score (nSPS) is 13.4. The van der Waals surface area contributed by atoms with E-state index in [9.17, 15) is 0 Å². The van der Waals surface area contributed by atoms with Crippen molar-refractivity contribution in [3.05, 3.63) is 47.3 Å².